The smallest absolute Gasteiger partial charge is 0.277 e. The van der Waals surface area contributed by atoms with Crippen LogP contribution in [0.3, 0.4) is 0 Å². The third-order valence-electron chi connectivity index (χ3n) is 13.0. The van der Waals surface area contributed by atoms with Gasteiger partial charge in [0.05, 0.1) is 51.4 Å². The van der Waals surface area contributed by atoms with Gasteiger partial charge in [-0.3, -0.25) is 14.3 Å². The van der Waals surface area contributed by atoms with Gasteiger partial charge in [0.25, 0.3) is 11.8 Å². The van der Waals surface area contributed by atoms with Crippen molar-refractivity contribution in [3.8, 4) is 11.6 Å². The normalized spacial score (nSPS) is 28.6. The average molecular weight is 821 g/mol. The van der Waals surface area contributed by atoms with Gasteiger partial charge in [0.2, 0.25) is 12.0 Å². The van der Waals surface area contributed by atoms with Gasteiger partial charge < -0.3 is 39.0 Å². The van der Waals surface area contributed by atoms with E-state index in [1.54, 1.807) is 40.6 Å². The number of hydrogen-bond donors (Lipinski definition) is 1. The van der Waals surface area contributed by atoms with Gasteiger partial charge in [-0.1, -0.05) is 24.6 Å². The first-order valence-electron chi connectivity index (χ1n) is 20.6. The lowest BCUT2D eigenvalue weighted by Crippen LogP contribution is -2.48. The Morgan fingerprint density at radius 3 is 2.53 bits per heavy atom. The monoisotopic (exact) mass is 820 g/mol. The van der Waals surface area contributed by atoms with Crippen LogP contribution in [-0.4, -0.2) is 112 Å². The van der Waals surface area contributed by atoms with E-state index in [1.807, 2.05) is 25.1 Å². The fourth-order valence-corrected chi connectivity index (χ4v) is 9.86. The molecule has 2 saturated carbocycles. The first kappa shape index (κ1) is 42.1. The Bertz CT molecular complexity index is 1970. The Kier molecular flexibility index (Phi) is 13.4. The molecular formula is C44H59ClN5O8+. The van der Waals surface area contributed by atoms with Crippen LogP contribution in [0.25, 0.3) is 0 Å². The lowest BCUT2D eigenvalue weighted by molar-refractivity contribution is -0.0532. The van der Waals surface area contributed by atoms with Crippen LogP contribution in [0.4, 0.5) is 5.69 Å². The quantitative estimate of drug-likeness (QED) is 0.192. The van der Waals surface area contributed by atoms with Crippen molar-refractivity contribution in [2.75, 3.05) is 59.6 Å². The number of benzene rings is 2. The highest BCUT2D eigenvalue weighted by Gasteiger charge is 2.58. The summed E-state index contributed by atoms with van der Waals surface area (Å²) in [5.41, 5.74) is 4.61. The number of aromatic nitrogens is 2. The largest absolute Gasteiger partial charge is 0.495 e. The number of methoxy groups -OCH3 is 4. The Morgan fingerprint density at radius 2 is 1.81 bits per heavy atom. The molecule has 58 heavy (non-hydrogen) atoms. The van der Waals surface area contributed by atoms with E-state index in [0.29, 0.717) is 48.5 Å². The predicted molar refractivity (Wildman–Crippen MR) is 223 cm³/mol. The summed E-state index contributed by atoms with van der Waals surface area (Å²) in [6.45, 7) is 4.35. The summed E-state index contributed by atoms with van der Waals surface area (Å²) in [4.78, 5) is 35.1. The van der Waals surface area contributed by atoms with Crippen LogP contribution in [-0.2, 0) is 27.7 Å². The lowest BCUT2D eigenvalue weighted by atomic mass is 9.69. The number of hydrogen-bond acceptors (Lipinski definition) is 9. The summed E-state index contributed by atoms with van der Waals surface area (Å²) in [5, 5.41) is 17.4. The third-order valence-corrected chi connectivity index (χ3v) is 13.3. The maximum atomic E-state index is 14.2. The van der Waals surface area contributed by atoms with Crippen LogP contribution in [0.15, 0.2) is 47.6 Å². The Balaban J connectivity index is 1.27. The summed E-state index contributed by atoms with van der Waals surface area (Å²) in [6.07, 6.45) is 7.16. The van der Waals surface area contributed by atoms with Crippen LogP contribution in [0, 0.1) is 23.7 Å². The van der Waals surface area contributed by atoms with Crippen molar-refractivity contribution in [3.63, 3.8) is 0 Å². The molecule has 0 spiro atoms. The number of carbonyl (C=O) groups is 2. The number of amides is 2. The number of anilines is 1. The van der Waals surface area contributed by atoms with Crippen LogP contribution in [0.1, 0.15) is 83.2 Å². The van der Waals surface area contributed by atoms with E-state index in [4.69, 9.17) is 40.4 Å². The van der Waals surface area contributed by atoms with Gasteiger partial charge in [0.1, 0.15) is 22.9 Å². The molecule has 4 unspecified atom stereocenters. The predicted octanol–water partition coefficient (Wildman–Crippen LogP) is 5.62. The van der Waals surface area contributed by atoms with E-state index in [0.717, 1.165) is 62.3 Å². The Morgan fingerprint density at radius 1 is 1.00 bits per heavy atom. The maximum Gasteiger partial charge on any atom is 0.277 e. The van der Waals surface area contributed by atoms with Gasteiger partial charge in [-0.2, -0.15) is 0 Å². The lowest BCUT2D eigenvalue weighted by Gasteiger charge is -2.45. The fraction of sp³-hybridized carbons (Fsp3) is 0.591. The average Bonchev–Trinajstić information content (AvgIpc) is 3.65. The zero-order valence-electron chi connectivity index (χ0n) is 34.5. The number of aliphatic imine (C=N–C) groups is 1. The van der Waals surface area contributed by atoms with Crippen LogP contribution in [0.5, 0.6) is 11.6 Å². The fourth-order valence-electron chi connectivity index (χ4n) is 9.66. The zero-order chi connectivity index (χ0) is 41.1. The standard InChI is InChI=1S/C44H58ClN5O8/c1-25-35(58-19-18-54-3)16-17-36(55-4)32-13-10-29(32)23-50(22-28-9-7-8-26-20-30(45)12-14-31(26)28)34-21-27(11-15-37(34)56-5)42(52)47-40-38(41(40)51)39(25)46-43(53)33-24-49(2)48-44(33)57-6/h11-12,14-15,20-21,24-25,28-29,32,35-36,38-39,41,51H,7-10,13,16-19,22-23H2,1-6H3,(H,46,53)/p+1/t25-,28-,29-,32+,35?,36-,38?,39?,41?/m0/s1. The molecule has 13 nitrogen and oxygen atoms in total. The molecular weight excluding hydrogens is 762 g/mol. The molecule has 14 heteroatoms. The topological polar surface area (TPSA) is 149 Å². The third kappa shape index (κ3) is 8.94. The first-order chi connectivity index (χ1) is 28.0. The molecule has 1 aromatic heterocycles. The summed E-state index contributed by atoms with van der Waals surface area (Å²) in [5.74, 6) is 0.227. The SMILES string of the molecule is COCCOC1CC[C@H](OC)[C@@H]2CC[C@H]2CN(C[C@@H]2CCCc3cc(Cl)ccc32)c2cc(ccc2OC)C(=O)N=C2C([OH2+])C2C(NC(=O)c2cn(C)nc2OC)[C@H]1C. The molecule has 0 radical (unpaired) electrons. The van der Waals surface area contributed by atoms with E-state index < -0.39 is 24.0 Å². The second-order valence-electron chi connectivity index (χ2n) is 16.4. The summed E-state index contributed by atoms with van der Waals surface area (Å²) in [6, 6.07) is 11.2. The molecule has 3 N–H and O–H groups in total. The van der Waals surface area contributed by atoms with E-state index in [1.165, 1.54) is 22.9 Å². The molecule has 3 aliphatic carbocycles. The molecule has 314 valence electrons. The second-order valence-corrected chi connectivity index (χ2v) is 16.8. The molecule has 2 heterocycles. The maximum absolute atomic E-state index is 14.2. The number of halogens is 1. The van der Waals surface area contributed by atoms with Crippen LogP contribution < -0.4 is 19.7 Å². The highest BCUT2D eigenvalue weighted by Crippen LogP contribution is 2.45. The van der Waals surface area contributed by atoms with Crippen LogP contribution >= 0.6 is 11.6 Å². The van der Waals surface area contributed by atoms with Gasteiger partial charge >= 0.3 is 0 Å². The minimum atomic E-state index is -0.789. The van der Waals surface area contributed by atoms with Gasteiger partial charge in [-0.15, -0.1) is 5.10 Å². The molecule has 3 aromatic rings. The molecule has 2 amide bonds. The number of aryl methyl sites for hydroxylation is 2. The van der Waals surface area contributed by atoms with Crippen molar-refractivity contribution in [2.45, 2.75) is 82.1 Å². The zero-order valence-corrected chi connectivity index (χ0v) is 35.3. The second kappa shape index (κ2) is 18.5. The first-order valence-corrected chi connectivity index (χ1v) is 21.0. The van der Waals surface area contributed by atoms with E-state index in [2.05, 4.69) is 32.4 Å². The minimum absolute atomic E-state index is 0.0148. The summed E-state index contributed by atoms with van der Waals surface area (Å²) in [7, 11) is 8.31. The molecule has 4 aliphatic rings. The number of ether oxygens (including phenoxy) is 5. The summed E-state index contributed by atoms with van der Waals surface area (Å²) < 4.78 is 31.2. The highest BCUT2D eigenvalue weighted by molar-refractivity contribution is 6.30. The molecule has 2 bridgehead atoms. The van der Waals surface area contributed by atoms with E-state index in [9.17, 15) is 9.59 Å². The number of rotatable bonds is 11. The van der Waals surface area contributed by atoms with E-state index >= 15 is 0 Å². The molecule has 7 rings (SSSR count). The van der Waals surface area contributed by atoms with Crippen molar-refractivity contribution >= 4 is 34.8 Å². The van der Waals surface area contributed by atoms with Crippen molar-refractivity contribution in [3.05, 3.63) is 69.9 Å². The van der Waals surface area contributed by atoms with Gasteiger partial charge in [-0.05, 0) is 98.2 Å². The van der Waals surface area contributed by atoms with Crippen molar-refractivity contribution in [1.82, 2.24) is 15.1 Å². The van der Waals surface area contributed by atoms with Gasteiger partial charge in [0.15, 0.2) is 0 Å². The van der Waals surface area contributed by atoms with Gasteiger partial charge in [-0.25, -0.2) is 4.99 Å². The minimum Gasteiger partial charge on any atom is -0.495 e. The molecule has 2 aromatic carbocycles. The Hall–Kier alpha value is -4.01. The number of nitrogens with zero attached hydrogens (tertiary/aromatic N) is 4. The number of nitrogens with one attached hydrogen (secondary N) is 1. The number of fused-ring (bicyclic) bond motifs is 5. The van der Waals surface area contributed by atoms with E-state index in [-0.39, 0.29) is 41.4 Å². The van der Waals surface area contributed by atoms with Crippen molar-refractivity contribution < 1.29 is 38.4 Å². The van der Waals surface area contributed by atoms with Crippen molar-refractivity contribution in [2.24, 2.45) is 35.7 Å². The molecule has 2 fully saturated rings. The Labute approximate surface area is 346 Å². The van der Waals surface area contributed by atoms with Crippen molar-refractivity contribution in [1.29, 1.82) is 0 Å². The number of carbonyl (C=O) groups excluding carboxylic acids is 2. The molecule has 9 atom stereocenters. The van der Waals surface area contributed by atoms with Gasteiger partial charge in [0, 0.05) is 63.0 Å². The molecule has 0 saturated heterocycles. The molecule has 1 aliphatic heterocycles. The highest BCUT2D eigenvalue weighted by atomic mass is 35.5. The van der Waals surface area contributed by atoms with Crippen LogP contribution in [0.2, 0.25) is 5.02 Å². The summed E-state index contributed by atoms with van der Waals surface area (Å²) >= 11 is 6.45.